The number of hydrogen-bond donors (Lipinski definition) is 0. The third-order valence-corrected chi connectivity index (χ3v) is 4.85. The predicted molar refractivity (Wildman–Crippen MR) is 107 cm³/mol. The Bertz CT molecular complexity index is 693. The van der Waals surface area contributed by atoms with Crippen molar-refractivity contribution in [3.8, 4) is 0 Å². The molecule has 22 heavy (non-hydrogen) atoms. The average molecular weight is 323 g/mol. The molecule has 0 amide bonds. The lowest BCUT2D eigenvalue weighted by molar-refractivity contribution is 1.03. The molecule has 0 heterocycles. The van der Waals surface area contributed by atoms with Gasteiger partial charge in [-0.1, -0.05) is 38.1 Å². The SMILES string of the molecule is [B]C1=C([B])C(Br)C([B])C([B])=C1c1c([B])c([B])c([B])c([B])c1[B]. The highest BCUT2D eigenvalue weighted by molar-refractivity contribution is 9.09. The first-order valence-electron chi connectivity index (χ1n) is 6.27. The maximum Gasteiger partial charge on any atom is 0.113 e. The minimum Gasteiger partial charge on any atom is -0.115 e. The summed E-state index contributed by atoms with van der Waals surface area (Å²) >= 11 is 3.34. The molecule has 84 valence electrons. The first kappa shape index (κ1) is 18.1. The van der Waals surface area contributed by atoms with E-state index < -0.39 is 10.6 Å². The highest BCUT2D eigenvalue weighted by atomic mass is 79.9. The van der Waals surface area contributed by atoms with E-state index >= 15 is 0 Å². The number of halogens is 1. The van der Waals surface area contributed by atoms with E-state index in [1.807, 2.05) is 0 Å². The Hall–Kier alpha value is -0.236. The fourth-order valence-corrected chi connectivity index (χ4v) is 2.90. The summed E-state index contributed by atoms with van der Waals surface area (Å²) in [5, 5.41) is 0. The van der Waals surface area contributed by atoms with E-state index in [1.165, 1.54) is 0 Å². The van der Waals surface area contributed by atoms with Crippen LogP contribution in [0, 0.1) is 0 Å². The number of alkyl halides is 1. The number of hydrogen-bond acceptors (Lipinski definition) is 0. The van der Waals surface area contributed by atoms with Crippen molar-refractivity contribution in [2.45, 2.75) is 10.6 Å². The molecular weight excluding hydrogens is 321 g/mol. The summed E-state index contributed by atoms with van der Waals surface area (Å²) in [5.41, 5.74) is 1.98. The van der Waals surface area contributed by atoms with Gasteiger partial charge in [-0.15, -0.1) is 27.3 Å². The summed E-state index contributed by atoms with van der Waals surface area (Å²) in [5.74, 6) is -0.610. The van der Waals surface area contributed by atoms with Crippen molar-refractivity contribution in [1.29, 1.82) is 0 Å². The molecule has 0 nitrogen and oxygen atoms in total. The molecule has 0 saturated carbocycles. The van der Waals surface area contributed by atoms with Crippen molar-refractivity contribution >= 4 is 119 Å². The zero-order chi connectivity index (χ0) is 16.9. The van der Waals surface area contributed by atoms with Gasteiger partial charge in [0.15, 0.2) is 0 Å². The summed E-state index contributed by atoms with van der Waals surface area (Å²) in [6.45, 7) is 0. The van der Waals surface area contributed by atoms with Gasteiger partial charge < -0.3 is 0 Å². The second-order valence-corrected chi connectivity index (χ2v) is 6.06. The van der Waals surface area contributed by atoms with Crippen LogP contribution in [0.15, 0.2) is 16.4 Å². The van der Waals surface area contributed by atoms with Crippen molar-refractivity contribution < 1.29 is 0 Å². The standard InChI is InChI=1S/C12H2B9Br/c13-3-1(4(14)8(18)9(19)7(3)17)2-5(15)10(20)12(22)11(21)6(2)16/h10,12H. The van der Waals surface area contributed by atoms with Gasteiger partial charge in [-0.2, -0.15) is 0 Å². The van der Waals surface area contributed by atoms with Gasteiger partial charge in [-0.3, -0.25) is 0 Å². The maximum absolute atomic E-state index is 6.10. The lowest BCUT2D eigenvalue weighted by Gasteiger charge is -2.35. The van der Waals surface area contributed by atoms with Gasteiger partial charge in [0.2, 0.25) is 0 Å². The van der Waals surface area contributed by atoms with Gasteiger partial charge in [-0.05, 0) is 11.1 Å². The summed E-state index contributed by atoms with van der Waals surface area (Å²) in [4.78, 5) is -0.401. The van der Waals surface area contributed by atoms with Crippen LogP contribution in [0.2, 0.25) is 5.82 Å². The van der Waals surface area contributed by atoms with Crippen LogP contribution in [0.5, 0.6) is 0 Å². The summed E-state index contributed by atoms with van der Waals surface area (Å²) in [6.07, 6.45) is 0. The van der Waals surface area contributed by atoms with Crippen LogP contribution in [0.25, 0.3) is 5.57 Å². The smallest absolute Gasteiger partial charge is 0.113 e. The van der Waals surface area contributed by atoms with E-state index in [0.717, 1.165) is 0 Å². The van der Waals surface area contributed by atoms with Crippen molar-refractivity contribution in [2.24, 2.45) is 0 Å². The molecule has 18 radical (unpaired) electrons. The van der Waals surface area contributed by atoms with Gasteiger partial charge in [-0.25, -0.2) is 0 Å². The Morgan fingerprint density at radius 2 is 1.05 bits per heavy atom. The molecule has 2 atom stereocenters. The van der Waals surface area contributed by atoms with E-state index in [9.17, 15) is 0 Å². The molecule has 0 saturated heterocycles. The molecule has 0 spiro atoms. The highest BCUT2D eigenvalue weighted by Gasteiger charge is 2.28. The van der Waals surface area contributed by atoms with Crippen LogP contribution in [-0.2, 0) is 0 Å². The lowest BCUT2D eigenvalue weighted by Crippen LogP contribution is -2.56. The van der Waals surface area contributed by atoms with Crippen LogP contribution in [-0.4, -0.2) is 75.4 Å². The molecule has 0 aromatic heterocycles. The number of allylic oxidation sites excluding steroid dienone is 4. The molecule has 1 aromatic carbocycles. The molecule has 0 bridgehead atoms. The van der Waals surface area contributed by atoms with E-state index in [-0.39, 0.29) is 43.8 Å². The molecule has 0 N–H and O–H groups in total. The Labute approximate surface area is 151 Å². The van der Waals surface area contributed by atoms with Gasteiger partial charge >= 0.3 is 0 Å². The van der Waals surface area contributed by atoms with Crippen LogP contribution in [0.1, 0.15) is 5.56 Å². The zero-order valence-corrected chi connectivity index (χ0v) is 13.3. The maximum atomic E-state index is 6.10. The monoisotopic (exact) mass is 324 g/mol. The van der Waals surface area contributed by atoms with Crippen molar-refractivity contribution in [3.05, 3.63) is 22.0 Å². The molecule has 1 aromatic rings. The first-order valence-corrected chi connectivity index (χ1v) is 7.19. The molecule has 0 aliphatic heterocycles. The third kappa shape index (κ3) is 2.60. The average Bonchev–Trinajstić information content (AvgIpc) is 2.50. The molecule has 2 unspecified atom stereocenters. The third-order valence-electron chi connectivity index (χ3n) is 3.79. The van der Waals surface area contributed by atoms with Crippen LogP contribution >= 0.6 is 15.9 Å². The Morgan fingerprint density at radius 3 is 1.50 bits per heavy atom. The van der Waals surface area contributed by atoms with E-state index in [4.69, 9.17) is 70.6 Å². The first-order chi connectivity index (χ1) is 10.1. The fourth-order valence-electron chi connectivity index (χ4n) is 2.36. The van der Waals surface area contributed by atoms with Gasteiger partial charge in [0.25, 0.3) is 0 Å². The number of benzene rings is 1. The largest absolute Gasteiger partial charge is 0.115 e. The van der Waals surface area contributed by atoms with E-state index in [1.54, 1.807) is 0 Å². The predicted octanol–water partition coefficient (Wildman–Crippen LogP) is -4.18. The Balaban J connectivity index is 2.88. The molecule has 2 rings (SSSR count). The lowest BCUT2D eigenvalue weighted by atomic mass is 9.52. The fraction of sp³-hybridized carbons (Fsp3) is 0.167. The molecule has 0 fully saturated rings. The van der Waals surface area contributed by atoms with Crippen LogP contribution in [0.3, 0.4) is 0 Å². The molecular formula is C12H2B9Br. The summed E-state index contributed by atoms with van der Waals surface area (Å²) < 4.78 is 0. The molecule has 1 aliphatic rings. The zero-order valence-electron chi connectivity index (χ0n) is 11.7. The van der Waals surface area contributed by atoms with Crippen molar-refractivity contribution in [3.63, 3.8) is 0 Å². The van der Waals surface area contributed by atoms with Crippen molar-refractivity contribution in [2.75, 3.05) is 0 Å². The highest BCUT2D eigenvalue weighted by Crippen LogP contribution is 2.40. The van der Waals surface area contributed by atoms with Crippen LogP contribution in [0.4, 0.5) is 0 Å². The van der Waals surface area contributed by atoms with E-state index in [0.29, 0.717) is 11.0 Å². The quantitative estimate of drug-likeness (QED) is 0.363. The molecule has 1 aliphatic carbocycles. The second-order valence-electron chi connectivity index (χ2n) is 5.07. The van der Waals surface area contributed by atoms with Gasteiger partial charge in [0, 0.05) is 4.83 Å². The minimum absolute atomic E-state index is 0.0999. The Kier molecular flexibility index (Phi) is 5.22. The van der Waals surface area contributed by atoms with Crippen LogP contribution < -0.4 is 27.3 Å². The summed E-state index contributed by atoms with van der Waals surface area (Å²) in [7, 11) is 53.8. The number of rotatable bonds is 1. The molecule has 10 heteroatoms. The second kappa shape index (κ2) is 6.34. The topological polar surface area (TPSA) is 0 Å². The summed E-state index contributed by atoms with van der Waals surface area (Å²) in [6, 6.07) is 0. The Morgan fingerprint density at radius 1 is 0.636 bits per heavy atom. The van der Waals surface area contributed by atoms with E-state index in [2.05, 4.69) is 15.9 Å². The van der Waals surface area contributed by atoms with Gasteiger partial charge in [0.05, 0.1) is 7.85 Å². The van der Waals surface area contributed by atoms with Gasteiger partial charge in [0.1, 0.15) is 62.8 Å². The van der Waals surface area contributed by atoms with Crippen molar-refractivity contribution in [1.82, 2.24) is 0 Å². The normalized spacial score (nSPS) is 22.2. The minimum atomic E-state index is -0.610.